The van der Waals surface area contributed by atoms with Crippen LogP contribution in [0.25, 0.3) is 11.3 Å². The zero-order valence-corrected chi connectivity index (χ0v) is 10.5. The van der Waals surface area contributed by atoms with Gasteiger partial charge in [0.1, 0.15) is 0 Å². The Morgan fingerprint density at radius 2 is 2.22 bits per heavy atom. The molecule has 0 aliphatic rings. The van der Waals surface area contributed by atoms with E-state index in [2.05, 4.69) is 15.2 Å². The average Bonchev–Trinajstić information content (AvgIpc) is 2.39. The molecule has 0 aliphatic carbocycles. The summed E-state index contributed by atoms with van der Waals surface area (Å²) >= 11 is 5.77. The molecule has 2 aromatic rings. The number of carbonyl (C=O) groups is 1. The quantitative estimate of drug-likeness (QED) is 0.915. The number of halogens is 1. The minimum atomic E-state index is -0.622. The van der Waals surface area contributed by atoms with Gasteiger partial charge in [-0.15, -0.1) is 10.2 Å². The van der Waals surface area contributed by atoms with Gasteiger partial charge in [-0.3, -0.25) is 9.78 Å². The van der Waals surface area contributed by atoms with Crippen molar-refractivity contribution in [2.24, 2.45) is 5.73 Å². The molecule has 0 saturated heterocycles. The van der Waals surface area contributed by atoms with E-state index in [1.807, 2.05) is 13.0 Å². The second-order valence-electron chi connectivity index (χ2n) is 3.68. The van der Waals surface area contributed by atoms with Crippen molar-refractivity contribution >= 4 is 17.5 Å². The second kappa shape index (κ2) is 5.10. The van der Waals surface area contributed by atoms with Crippen molar-refractivity contribution in [3.8, 4) is 11.3 Å². The van der Waals surface area contributed by atoms with Gasteiger partial charge in [-0.2, -0.15) is 0 Å². The van der Waals surface area contributed by atoms with Crippen LogP contribution in [0.3, 0.4) is 0 Å². The lowest BCUT2D eigenvalue weighted by Gasteiger charge is -2.07. The van der Waals surface area contributed by atoms with Crippen molar-refractivity contribution in [2.75, 3.05) is 0 Å². The third-order valence-corrected chi connectivity index (χ3v) is 2.85. The molecule has 1 amide bonds. The zero-order valence-electron chi connectivity index (χ0n) is 9.72. The van der Waals surface area contributed by atoms with Gasteiger partial charge in [0.2, 0.25) is 0 Å². The van der Waals surface area contributed by atoms with Gasteiger partial charge >= 0.3 is 0 Å². The van der Waals surface area contributed by atoms with E-state index in [9.17, 15) is 4.79 Å². The Morgan fingerprint density at radius 3 is 2.89 bits per heavy atom. The van der Waals surface area contributed by atoms with Crippen molar-refractivity contribution in [3.05, 3.63) is 40.8 Å². The summed E-state index contributed by atoms with van der Waals surface area (Å²) in [6.07, 6.45) is 4.23. The maximum atomic E-state index is 11.2. The number of amides is 1. The highest BCUT2D eigenvalue weighted by Gasteiger charge is 2.13. The molecule has 0 radical (unpaired) electrons. The first-order valence-electron chi connectivity index (χ1n) is 5.39. The Bertz CT molecular complexity index is 600. The van der Waals surface area contributed by atoms with Crippen LogP contribution < -0.4 is 5.73 Å². The van der Waals surface area contributed by atoms with Crippen molar-refractivity contribution in [1.82, 2.24) is 15.2 Å². The number of nitrogens with two attached hydrogens (primary N) is 1. The lowest BCUT2D eigenvalue weighted by Crippen LogP contribution is -2.13. The molecular weight excluding hydrogens is 252 g/mol. The van der Waals surface area contributed by atoms with E-state index < -0.39 is 5.91 Å². The van der Waals surface area contributed by atoms with Crippen LogP contribution in [0.5, 0.6) is 0 Å². The second-order valence-corrected chi connectivity index (χ2v) is 4.04. The topological polar surface area (TPSA) is 81.8 Å². The number of aromatic nitrogens is 3. The van der Waals surface area contributed by atoms with Gasteiger partial charge < -0.3 is 5.73 Å². The van der Waals surface area contributed by atoms with Crippen LogP contribution in [0.2, 0.25) is 5.15 Å². The van der Waals surface area contributed by atoms with E-state index in [0.717, 1.165) is 17.5 Å². The molecule has 0 atom stereocenters. The van der Waals surface area contributed by atoms with Crippen molar-refractivity contribution in [3.63, 3.8) is 0 Å². The Balaban J connectivity index is 2.58. The number of nitrogens with zero attached hydrogens (tertiary/aromatic N) is 3. The molecule has 0 fully saturated rings. The lowest BCUT2D eigenvalue weighted by molar-refractivity contribution is 0.1000. The van der Waals surface area contributed by atoms with Crippen molar-refractivity contribution in [1.29, 1.82) is 0 Å². The number of pyridine rings is 1. The Labute approximate surface area is 109 Å². The average molecular weight is 263 g/mol. The molecule has 92 valence electrons. The molecule has 5 nitrogen and oxygen atoms in total. The molecule has 0 aromatic carbocycles. The summed E-state index contributed by atoms with van der Waals surface area (Å²) in [6, 6.07) is 3.37. The standard InChI is InChI=1S/C12H11ClN4O/c1-2-7-6-15-4-3-8(7)10-5-9(12(14)18)11(13)17-16-10/h3-6H,2H2,1H3,(H2,14,18). The summed E-state index contributed by atoms with van der Waals surface area (Å²) in [6.45, 7) is 2.01. The predicted octanol–water partition coefficient (Wildman–Crippen LogP) is 1.85. The van der Waals surface area contributed by atoms with E-state index in [1.54, 1.807) is 18.5 Å². The third kappa shape index (κ3) is 2.31. The van der Waals surface area contributed by atoms with E-state index in [1.165, 1.54) is 0 Å². The van der Waals surface area contributed by atoms with Crippen LogP contribution in [-0.4, -0.2) is 21.1 Å². The molecule has 2 heterocycles. The van der Waals surface area contributed by atoms with Gasteiger partial charge in [0, 0.05) is 18.0 Å². The van der Waals surface area contributed by atoms with Gasteiger partial charge in [-0.25, -0.2) is 0 Å². The Kier molecular flexibility index (Phi) is 3.53. The summed E-state index contributed by atoms with van der Waals surface area (Å²) in [4.78, 5) is 15.3. The fraction of sp³-hybridized carbons (Fsp3) is 0.167. The smallest absolute Gasteiger partial charge is 0.251 e. The number of aryl methyl sites for hydroxylation is 1. The van der Waals surface area contributed by atoms with Gasteiger partial charge in [-0.1, -0.05) is 18.5 Å². The highest BCUT2D eigenvalue weighted by molar-refractivity contribution is 6.32. The van der Waals surface area contributed by atoms with Crippen LogP contribution in [0.4, 0.5) is 0 Å². The first-order chi connectivity index (χ1) is 8.63. The van der Waals surface area contributed by atoms with Gasteiger partial charge in [-0.05, 0) is 24.1 Å². The van der Waals surface area contributed by atoms with Gasteiger partial charge in [0.05, 0.1) is 11.3 Å². The number of rotatable bonds is 3. The van der Waals surface area contributed by atoms with Gasteiger partial charge in [0.25, 0.3) is 5.91 Å². The minimum absolute atomic E-state index is 0.0124. The molecule has 0 saturated carbocycles. The van der Waals surface area contributed by atoms with Crippen LogP contribution >= 0.6 is 11.6 Å². The molecule has 0 spiro atoms. The summed E-state index contributed by atoms with van der Waals surface area (Å²) in [7, 11) is 0. The number of primary amides is 1. The maximum Gasteiger partial charge on any atom is 0.251 e. The van der Waals surface area contributed by atoms with Crippen LogP contribution in [-0.2, 0) is 6.42 Å². The van der Waals surface area contributed by atoms with E-state index in [-0.39, 0.29) is 10.7 Å². The van der Waals surface area contributed by atoms with Crippen LogP contribution in [0.15, 0.2) is 24.5 Å². The molecule has 2 N–H and O–H groups in total. The van der Waals surface area contributed by atoms with E-state index in [4.69, 9.17) is 17.3 Å². The van der Waals surface area contributed by atoms with Crippen molar-refractivity contribution < 1.29 is 4.79 Å². The monoisotopic (exact) mass is 262 g/mol. The maximum absolute atomic E-state index is 11.2. The fourth-order valence-electron chi connectivity index (χ4n) is 1.64. The Morgan fingerprint density at radius 1 is 1.44 bits per heavy atom. The molecular formula is C12H11ClN4O. The number of carbonyl (C=O) groups excluding carboxylic acids is 1. The summed E-state index contributed by atoms with van der Waals surface area (Å²) < 4.78 is 0. The molecule has 18 heavy (non-hydrogen) atoms. The minimum Gasteiger partial charge on any atom is -0.366 e. The molecule has 6 heteroatoms. The van der Waals surface area contributed by atoms with Crippen LogP contribution in [0, 0.1) is 0 Å². The van der Waals surface area contributed by atoms with E-state index in [0.29, 0.717) is 5.69 Å². The third-order valence-electron chi connectivity index (χ3n) is 2.57. The molecule has 2 rings (SSSR count). The highest BCUT2D eigenvalue weighted by atomic mass is 35.5. The fourth-order valence-corrected chi connectivity index (χ4v) is 1.83. The van der Waals surface area contributed by atoms with Crippen LogP contribution in [0.1, 0.15) is 22.8 Å². The predicted molar refractivity (Wildman–Crippen MR) is 68.2 cm³/mol. The Hall–Kier alpha value is -2.01. The number of hydrogen-bond donors (Lipinski definition) is 1. The summed E-state index contributed by atoms with van der Waals surface area (Å²) in [5.41, 5.74) is 7.85. The van der Waals surface area contributed by atoms with Gasteiger partial charge in [0.15, 0.2) is 5.15 Å². The molecule has 2 aromatic heterocycles. The SMILES string of the molecule is CCc1cnccc1-c1cc(C(N)=O)c(Cl)nn1. The van der Waals surface area contributed by atoms with E-state index >= 15 is 0 Å². The summed E-state index contributed by atoms with van der Waals surface area (Å²) in [5.74, 6) is -0.622. The normalized spacial score (nSPS) is 10.3. The molecule has 0 bridgehead atoms. The largest absolute Gasteiger partial charge is 0.366 e. The molecule has 0 unspecified atom stereocenters. The highest BCUT2D eigenvalue weighted by Crippen LogP contribution is 2.23. The first kappa shape index (κ1) is 12.4. The zero-order chi connectivity index (χ0) is 13.1. The molecule has 0 aliphatic heterocycles. The first-order valence-corrected chi connectivity index (χ1v) is 5.77. The summed E-state index contributed by atoms with van der Waals surface area (Å²) in [5, 5.41) is 7.74. The lowest BCUT2D eigenvalue weighted by atomic mass is 10.0. The number of hydrogen-bond acceptors (Lipinski definition) is 4. The van der Waals surface area contributed by atoms with Crippen molar-refractivity contribution in [2.45, 2.75) is 13.3 Å².